The smallest absolute Gasteiger partial charge is 0.246 e. The van der Waals surface area contributed by atoms with Gasteiger partial charge in [-0.15, -0.1) is 0 Å². The number of amides is 1. The number of nitrogens with zero attached hydrogens (tertiary/aromatic N) is 4. The van der Waals surface area contributed by atoms with Gasteiger partial charge in [0, 0.05) is 61.6 Å². The third-order valence-corrected chi connectivity index (χ3v) is 5.06. The number of rotatable bonds is 5. The molecule has 1 fully saturated rings. The van der Waals surface area contributed by atoms with Gasteiger partial charge in [0.05, 0.1) is 6.20 Å². The largest absolute Gasteiger partial charge is 0.337 e. The zero-order valence-corrected chi connectivity index (χ0v) is 16.1. The molecule has 5 nitrogen and oxygen atoms in total. The topological polar surface area (TPSA) is 41.4 Å². The Morgan fingerprint density at radius 3 is 2.69 bits per heavy atom. The maximum absolute atomic E-state index is 12.4. The molecule has 0 N–H and O–H groups in total. The molecule has 0 radical (unpaired) electrons. The second-order valence-corrected chi connectivity index (χ2v) is 7.00. The van der Waals surface area contributed by atoms with Gasteiger partial charge in [-0.1, -0.05) is 23.7 Å². The fraction of sp³-hybridized carbons (Fsp3) is 0.400. The van der Waals surface area contributed by atoms with Crippen molar-refractivity contribution in [1.29, 1.82) is 0 Å². The number of carbonyl (C=O) groups is 1. The number of aromatic nitrogens is 2. The van der Waals surface area contributed by atoms with E-state index in [9.17, 15) is 4.79 Å². The van der Waals surface area contributed by atoms with Crippen LogP contribution in [0, 0.1) is 6.92 Å². The molecule has 1 aromatic carbocycles. The number of halogens is 1. The molecule has 26 heavy (non-hydrogen) atoms. The predicted molar refractivity (Wildman–Crippen MR) is 105 cm³/mol. The molecule has 0 unspecified atom stereocenters. The Balaban J connectivity index is 1.51. The molecule has 2 aromatic rings. The molecular formula is C20H25ClN4O. The SMILES string of the molecule is CCn1ncc(/C=C/C(=O)N2CCN(Cc3cccc(Cl)c3)CC2)c1C. The van der Waals surface area contributed by atoms with Gasteiger partial charge in [-0.25, -0.2) is 0 Å². The fourth-order valence-electron chi connectivity index (χ4n) is 3.23. The predicted octanol–water partition coefficient (Wildman–Crippen LogP) is 3.22. The van der Waals surface area contributed by atoms with Gasteiger partial charge in [-0.3, -0.25) is 14.4 Å². The number of carbonyl (C=O) groups excluding carboxylic acids is 1. The van der Waals surface area contributed by atoms with Gasteiger partial charge < -0.3 is 4.90 Å². The molecule has 1 aliphatic heterocycles. The van der Waals surface area contributed by atoms with Crippen molar-refractivity contribution in [2.24, 2.45) is 0 Å². The van der Waals surface area contributed by atoms with Crippen molar-refractivity contribution in [2.45, 2.75) is 26.9 Å². The van der Waals surface area contributed by atoms with E-state index >= 15 is 0 Å². The Hall–Kier alpha value is -2.11. The lowest BCUT2D eigenvalue weighted by molar-refractivity contribution is -0.127. The molecule has 2 heterocycles. The number of piperazine rings is 1. The first kappa shape index (κ1) is 18.7. The Morgan fingerprint density at radius 1 is 1.27 bits per heavy atom. The summed E-state index contributed by atoms with van der Waals surface area (Å²) in [7, 11) is 0. The standard InChI is InChI=1S/C20H25ClN4O/c1-3-25-16(2)18(14-22-25)7-8-20(26)24-11-9-23(10-12-24)15-17-5-4-6-19(21)13-17/h4-8,13-14H,3,9-12,15H2,1-2H3/b8-7+. The van der Waals surface area contributed by atoms with E-state index in [0.717, 1.165) is 55.5 Å². The molecule has 0 aliphatic carbocycles. The molecule has 1 amide bonds. The first-order valence-electron chi connectivity index (χ1n) is 9.03. The molecule has 138 valence electrons. The van der Waals surface area contributed by atoms with Crippen LogP contribution in [0.5, 0.6) is 0 Å². The maximum atomic E-state index is 12.4. The average Bonchev–Trinajstić information content (AvgIpc) is 3.00. The van der Waals surface area contributed by atoms with Gasteiger partial charge in [-0.2, -0.15) is 5.10 Å². The molecular weight excluding hydrogens is 348 g/mol. The van der Waals surface area contributed by atoms with Gasteiger partial charge >= 0.3 is 0 Å². The van der Waals surface area contributed by atoms with E-state index in [2.05, 4.69) is 23.0 Å². The van der Waals surface area contributed by atoms with Crippen molar-refractivity contribution in [2.75, 3.05) is 26.2 Å². The van der Waals surface area contributed by atoms with E-state index in [1.165, 1.54) is 5.56 Å². The van der Waals surface area contributed by atoms with Crippen molar-refractivity contribution in [3.8, 4) is 0 Å². The first-order chi connectivity index (χ1) is 12.6. The third kappa shape index (κ3) is 4.54. The molecule has 3 rings (SSSR count). The number of benzene rings is 1. The van der Waals surface area contributed by atoms with Crippen LogP contribution in [0.15, 0.2) is 36.5 Å². The van der Waals surface area contributed by atoms with E-state index in [4.69, 9.17) is 11.6 Å². The summed E-state index contributed by atoms with van der Waals surface area (Å²) < 4.78 is 1.93. The summed E-state index contributed by atoms with van der Waals surface area (Å²) in [5, 5.41) is 5.07. The van der Waals surface area contributed by atoms with Gasteiger partial charge in [0.2, 0.25) is 5.91 Å². The summed E-state index contributed by atoms with van der Waals surface area (Å²) in [6.45, 7) is 9.03. The Bertz CT molecular complexity index is 791. The molecule has 1 aromatic heterocycles. The summed E-state index contributed by atoms with van der Waals surface area (Å²) >= 11 is 6.05. The highest BCUT2D eigenvalue weighted by molar-refractivity contribution is 6.30. The van der Waals surface area contributed by atoms with Crippen LogP contribution >= 0.6 is 11.6 Å². The monoisotopic (exact) mass is 372 g/mol. The molecule has 1 saturated heterocycles. The summed E-state index contributed by atoms with van der Waals surface area (Å²) in [4.78, 5) is 16.7. The third-order valence-electron chi connectivity index (χ3n) is 4.83. The average molecular weight is 373 g/mol. The Morgan fingerprint density at radius 2 is 2.04 bits per heavy atom. The summed E-state index contributed by atoms with van der Waals surface area (Å²) in [6, 6.07) is 7.95. The molecule has 0 atom stereocenters. The maximum Gasteiger partial charge on any atom is 0.246 e. The highest BCUT2D eigenvalue weighted by Gasteiger charge is 2.19. The van der Waals surface area contributed by atoms with Crippen LogP contribution in [-0.2, 0) is 17.9 Å². The van der Waals surface area contributed by atoms with Crippen LogP contribution in [0.3, 0.4) is 0 Å². The number of hydrogen-bond acceptors (Lipinski definition) is 3. The number of hydrogen-bond donors (Lipinski definition) is 0. The van der Waals surface area contributed by atoms with E-state index in [1.54, 1.807) is 6.08 Å². The first-order valence-corrected chi connectivity index (χ1v) is 9.41. The Kier molecular flexibility index (Phi) is 6.12. The van der Waals surface area contributed by atoms with Crippen LogP contribution in [0.1, 0.15) is 23.7 Å². The van der Waals surface area contributed by atoms with E-state index in [-0.39, 0.29) is 5.91 Å². The normalized spacial score (nSPS) is 15.7. The molecule has 0 saturated carbocycles. The van der Waals surface area contributed by atoms with Gasteiger partial charge in [0.15, 0.2) is 0 Å². The fourth-order valence-corrected chi connectivity index (χ4v) is 3.44. The summed E-state index contributed by atoms with van der Waals surface area (Å²) in [5.74, 6) is 0.0658. The van der Waals surface area contributed by atoms with Crippen molar-refractivity contribution in [1.82, 2.24) is 19.6 Å². The van der Waals surface area contributed by atoms with Crippen LogP contribution in [0.25, 0.3) is 6.08 Å². The van der Waals surface area contributed by atoms with Crippen LogP contribution < -0.4 is 0 Å². The minimum atomic E-state index is 0.0658. The van der Waals surface area contributed by atoms with E-state index in [0.29, 0.717) is 0 Å². The highest BCUT2D eigenvalue weighted by Crippen LogP contribution is 2.14. The lowest BCUT2D eigenvalue weighted by atomic mass is 10.2. The van der Waals surface area contributed by atoms with E-state index in [1.807, 2.05) is 47.0 Å². The molecule has 6 heteroatoms. The van der Waals surface area contributed by atoms with Gasteiger partial charge in [-0.05, 0) is 37.6 Å². The van der Waals surface area contributed by atoms with E-state index < -0.39 is 0 Å². The second-order valence-electron chi connectivity index (χ2n) is 6.57. The summed E-state index contributed by atoms with van der Waals surface area (Å²) in [6.07, 6.45) is 5.34. The molecule has 0 spiro atoms. The van der Waals surface area contributed by atoms with Crippen LogP contribution in [-0.4, -0.2) is 51.7 Å². The lowest BCUT2D eigenvalue weighted by Gasteiger charge is -2.34. The van der Waals surface area contributed by atoms with Crippen molar-refractivity contribution in [3.63, 3.8) is 0 Å². The minimum Gasteiger partial charge on any atom is -0.337 e. The molecule has 1 aliphatic rings. The lowest BCUT2D eigenvalue weighted by Crippen LogP contribution is -2.47. The quantitative estimate of drug-likeness (QED) is 0.757. The highest BCUT2D eigenvalue weighted by atomic mass is 35.5. The summed E-state index contributed by atoms with van der Waals surface area (Å²) in [5.41, 5.74) is 3.29. The van der Waals surface area contributed by atoms with Crippen LogP contribution in [0.4, 0.5) is 0 Å². The van der Waals surface area contributed by atoms with Crippen molar-refractivity contribution in [3.05, 3.63) is 58.4 Å². The number of aryl methyl sites for hydroxylation is 1. The minimum absolute atomic E-state index is 0.0658. The van der Waals surface area contributed by atoms with Gasteiger partial charge in [0.1, 0.15) is 0 Å². The van der Waals surface area contributed by atoms with Gasteiger partial charge in [0.25, 0.3) is 0 Å². The Labute approximate surface area is 159 Å². The van der Waals surface area contributed by atoms with Crippen LogP contribution in [0.2, 0.25) is 5.02 Å². The second kappa shape index (κ2) is 8.52. The van der Waals surface area contributed by atoms with Crippen molar-refractivity contribution >= 4 is 23.6 Å². The zero-order valence-electron chi connectivity index (χ0n) is 15.4. The molecule has 0 bridgehead atoms. The van der Waals surface area contributed by atoms with Crippen molar-refractivity contribution < 1.29 is 4.79 Å². The zero-order chi connectivity index (χ0) is 18.5.